The van der Waals surface area contributed by atoms with Gasteiger partial charge in [-0.1, -0.05) is 32.0 Å². The van der Waals surface area contributed by atoms with E-state index in [-0.39, 0.29) is 0 Å². The van der Waals surface area contributed by atoms with Crippen LogP contribution in [0.4, 0.5) is 5.69 Å². The van der Waals surface area contributed by atoms with Gasteiger partial charge in [-0.05, 0) is 24.5 Å². The van der Waals surface area contributed by atoms with Crippen LogP contribution in [0.1, 0.15) is 25.8 Å². The first-order valence-electron chi connectivity index (χ1n) is 5.86. The summed E-state index contributed by atoms with van der Waals surface area (Å²) in [5.41, 5.74) is 8.42. The van der Waals surface area contributed by atoms with Crippen LogP contribution >= 0.6 is 0 Å². The van der Waals surface area contributed by atoms with E-state index in [1.807, 2.05) is 0 Å². The van der Waals surface area contributed by atoms with Crippen molar-refractivity contribution in [3.63, 3.8) is 0 Å². The van der Waals surface area contributed by atoms with Gasteiger partial charge in [-0.2, -0.15) is 0 Å². The van der Waals surface area contributed by atoms with Crippen LogP contribution in [0.25, 0.3) is 0 Å². The van der Waals surface area contributed by atoms with Crippen LogP contribution in [0, 0.1) is 0 Å². The molecule has 0 atom stereocenters. The quantitative estimate of drug-likeness (QED) is 0.774. The highest BCUT2D eigenvalue weighted by atomic mass is 15.1. The zero-order valence-corrected chi connectivity index (χ0v) is 9.87. The van der Waals surface area contributed by atoms with Crippen molar-refractivity contribution in [3.05, 3.63) is 29.8 Å². The Labute approximate surface area is 93.1 Å². The summed E-state index contributed by atoms with van der Waals surface area (Å²) in [5, 5.41) is 0. The van der Waals surface area contributed by atoms with Gasteiger partial charge in [0, 0.05) is 25.3 Å². The maximum absolute atomic E-state index is 5.65. The molecule has 2 heteroatoms. The molecule has 0 aliphatic heterocycles. The van der Waals surface area contributed by atoms with E-state index in [4.69, 9.17) is 5.73 Å². The third-order valence-electron chi connectivity index (χ3n) is 2.61. The fourth-order valence-corrected chi connectivity index (χ4v) is 1.90. The molecule has 0 aliphatic rings. The largest absolute Gasteiger partial charge is 0.370 e. The van der Waals surface area contributed by atoms with E-state index in [0.29, 0.717) is 0 Å². The summed E-state index contributed by atoms with van der Waals surface area (Å²) in [6.45, 7) is 7.17. The van der Waals surface area contributed by atoms with Crippen LogP contribution in [-0.4, -0.2) is 19.6 Å². The summed E-state index contributed by atoms with van der Waals surface area (Å²) in [4.78, 5) is 2.39. The molecular weight excluding hydrogens is 184 g/mol. The van der Waals surface area contributed by atoms with Gasteiger partial charge in [0.1, 0.15) is 0 Å². The highest BCUT2D eigenvalue weighted by Crippen LogP contribution is 2.20. The van der Waals surface area contributed by atoms with E-state index >= 15 is 0 Å². The number of nitrogens with two attached hydrogens (primary N) is 1. The SMILES string of the molecule is CCCN(CCN)c1ccccc1CC. The Bertz CT molecular complexity index is 278. The second-order valence-electron chi connectivity index (χ2n) is 3.76. The van der Waals surface area contributed by atoms with Gasteiger partial charge in [-0.25, -0.2) is 0 Å². The Balaban J connectivity index is 2.88. The van der Waals surface area contributed by atoms with E-state index in [2.05, 4.69) is 43.0 Å². The molecule has 0 saturated carbocycles. The van der Waals surface area contributed by atoms with Crippen LogP contribution in [0.5, 0.6) is 0 Å². The second kappa shape index (κ2) is 6.46. The predicted molar refractivity (Wildman–Crippen MR) is 67.4 cm³/mol. The standard InChI is InChI=1S/C13H22N2/c1-3-10-15(11-9-14)13-8-6-5-7-12(13)4-2/h5-8H,3-4,9-11,14H2,1-2H3. The first-order valence-corrected chi connectivity index (χ1v) is 5.86. The van der Waals surface area contributed by atoms with E-state index < -0.39 is 0 Å². The Morgan fingerprint density at radius 2 is 1.87 bits per heavy atom. The average Bonchev–Trinajstić information content (AvgIpc) is 2.29. The minimum atomic E-state index is 0.720. The van der Waals surface area contributed by atoms with Gasteiger partial charge in [0.05, 0.1) is 0 Å². The minimum absolute atomic E-state index is 0.720. The smallest absolute Gasteiger partial charge is 0.0399 e. The molecule has 0 bridgehead atoms. The molecule has 0 aromatic heterocycles. The van der Waals surface area contributed by atoms with Gasteiger partial charge < -0.3 is 10.6 Å². The van der Waals surface area contributed by atoms with Crippen molar-refractivity contribution in [3.8, 4) is 0 Å². The lowest BCUT2D eigenvalue weighted by Gasteiger charge is -2.26. The third kappa shape index (κ3) is 3.24. The topological polar surface area (TPSA) is 29.3 Å². The van der Waals surface area contributed by atoms with Crippen molar-refractivity contribution >= 4 is 5.69 Å². The molecule has 15 heavy (non-hydrogen) atoms. The molecule has 1 rings (SSSR count). The Kier molecular flexibility index (Phi) is 5.19. The number of rotatable bonds is 6. The normalized spacial score (nSPS) is 10.3. The molecule has 2 N–H and O–H groups in total. The molecule has 1 aromatic rings. The van der Waals surface area contributed by atoms with Crippen molar-refractivity contribution in [1.29, 1.82) is 0 Å². The van der Waals surface area contributed by atoms with E-state index in [1.54, 1.807) is 0 Å². The highest BCUT2D eigenvalue weighted by Gasteiger charge is 2.07. The molecule has 0 amide bonds. The lowest BCUT2D eigenvalue weighted by Crippen LogP contribution is -2.30. The first kappa shape index (κ1) is 12.1. The first-order chi connectivity index (χ1) is 7.33. The molecule has 0 unspecified atom stereocenters. The molecular formula is C13H22N2. The van der Waals surface area contributed by atoms with Crippen molar-refractivity contribution < 1.29 is 0 Å². The molecule has 0 heterocycles. The Hall–Kier alpha value is -1.02. The van der Waals surface area contributed by atoms with Crippen molar-refractivity contribution in [2.45, 2.75) is 26.7 Å². The Morgan fingerprint density at radius 3 is 2.47 bits per heavy atom. The lowest BCUT2D eigenvalue weighted by molar-refractivity contribution is 0.758. The third-order valence-corrected chi connectivity index (χ3v) is 2.61. The van der Waals surface area contributed by atoms with Crippen LogP contribution in [0.15, 0.2) is 24.3 Å². The summed E-state index contributed by atoms with van der Waals surface area (Å²) in [5.74, 6) is 0. The summed E-state index contributed by atoms with van der Waals surface area (Å²) in [7, 11) is 0. The molecule has 0 saturated heterocycles. The van der Waals surface area contributed by atoms with Crippen molar-refractivity contribution in [2.24, 2.45) is 5.73 Å². The number of anilines is 1. The highest BCUT2D eigenvalue weighted by molar-refractivity contribution is 5.53. The lowest BCUT2D eigenvalue weighted by atomic mass is 10.1. The van der Waals surface area contributed by atoms with Gasteiger partial charge in [0.25, 0.3) is 0 Å². The number of benzene rings is 1. The number of para-hydroxylation sites is 1. The van der Waals surface area contributed by atoms with E-state index in [0.717, 1.165) is 32.5 Å². The average molecular weight is 206 g/mol. The van der Waals surface area contributed by atoms with Crippen molar-refractivity contribution in [1.82, 2.24) is 0 Å². The van der Waals surface area contributed by atoms with Crippen LogP contribution in [-0.2, 0) is 6.42 Å². The molecule has 0 radical (unpaired) electrons. The van der Waals surface area contributed by atoms with Crippen molar-refractivity contribution in [2.75, 3.05) is 24.5 Å². The zero-order valence-electron chi connectivity index (χ0n) is 9.87. The zero-order chi connectivity index (χ0) is 11.1. The summed E-state index contributed by atoms with van der Waals surface area (Å²) < 4.78 is 0. The minimum Gasteiger partial charge on any atom is -0.370 e. The molecule has 0 fully saturated rings. The number of hydrogen-bond acceptors (Lipinski definition) is 2. The van der Waals surface area contributed by atoms with E-state index in [9.17, 15) is 0 Å². The summed E-state index contributed by atoms with van der Waals surface area (Å²) in [6, 6.07) is 8.61. The summed E-state index contributed by atoms with van der Waals surface area (Å²) >= 11 is 0. The van der Waals surface area contributed by atoms with Gasteiger partial charge in [0.2, 0.25) is 0 Å². The summed E-state index contributed by atoms with van der Waals surface area (Å²) in [6.07, 6.45) is 2.25. The molecule has 84 valence electrons. The second-order valence-corrected chi connectivity index (χ2v) is 3.76. The van der Waals surface area contributed by atoms with E-state index in [1.165, 1.54) is 11.3 Å². The monoisotopic (exact) mass is 206 g/mol. The number of aryl methyl sites for hydroxylation is 1. The molecule has 0 aliphatic carbocycles. The Morgan fingerprint density at radius 1 is 1.13 bits per heavy atom. The van der Waals surface area contributed by atoms with Gasteiger partial charge in [-0.3, -0.25) is 0 Å². The fraction of sp³-hybridized carbons (Fsp3) is 0.538. The van der Waals surface area contributed by atoms with Crippen LogP contribution in [0.2, 0.25) is 0 Å². The maximum Gasteiger partial charge on any atom is 0.0399 e. The fourth-order valence-electron chi connectivity index (χ4n) is 1.90. The molecule has 2 nitrogen and oxygen atoms in total. The van der Waals surface area contributed by atoms with Gasteiger partial charge in [0.15, 0.2) is 0 Å². The van der Waals surface area contributed by atoms with Crippen LogP contribution in [0.3, 0.4) is 0 Å². The van der Waals surface area contributed by atoms with Gasteiger partial charge in [-0.15, -0.1) is 0 Å². The molecule has 0 spiro atoms. The number of nitrogens with zero attached hydrogens (tertiary/aromatic N) is 1. The van der Waals surface area contributed by atoms with Gasteiger partial charge >= 0.3 is 0 Å². The number of hydrogen-bond donors (Lipinski definition) is 1. The molecule has 1 aromatic carbocycles. The maximum atomic E-state index is 5.65. The predicted octanol–water partition coefficient (Wildman–Crippen LogP) is 2.42. The van der Waals surface area contributed by atoms with Crippen LogP contribution < -0.4 is 10.6 Å².